The lowest BCUT2D eigenvalue weighted by Crippen LogP contribution is -2.32. The number of fused-ring (bicyclic) bond motifs is 1. The average molecular weight is 416 g/mol. The Morgan fingerprint density at radius 1 is 1.24 bits per heavy atom. The molecule has 1 aliphatic carbocycles. The van der Waals surface area contributed by atoms with Gasteiger partial charge in [-0.3, -0.25) is 4.79 Å². The summed E-state index contributed by atoms with van der Waals surface area (Å²) in [6.45, 7) is 1.88. The van der Waals surface area contributed by atoms with Crippen molar-refractivity contribution in [1.29, 1.82) is 0 Å². The van der Waals surface area contributed by atoms with E-state index in [1.165, 1.54) is 35.5 Å². The Labute approximate surface area is 168 Å². The monoisotopic (exact) mass is 416 g/mol. The maximum atomic E-state index is 14.0. The van der Waals surface area contributed by atoms with E-state index < -0.39 is 27.9 Å². The molecule has 3 unspecified atom stereocenters. The van der Waals surface area contributed by atoms with E-state index in [2.05, 4.69) is 0 Å². The van der Waals surface area contributed by atoms with Crippen LogP contribution in [0.15, 0.2) is 53.6 Å². The predicted molar refractivity (Wildman–Crippen MR) is 106 cm³/mol. The molecule has 3 atom stereocenters. The molecule has 3 aromatic rings. The number of carbonyl (C=O) groups is 1. The zero-order valence-electron chi connectivity index (χ0n) is 16.0. The van der Waals surface area contributed by atoms with Crippen LogP contribution >= 0.6 is 0 Å². The van der Waals surface area contributed by atoms with Gasteiger partial charge in [-0.05, 0) is 55.2 Å². The molecule has 0 bridgehead atoms. The standard InChI is InChI=1S/C21H21FN2O4S/c1-12-3-6-14(7-4-12)29(26,27)24-11-18(16-9-13(22)5-8-19(16)24)15-10-17(15)20(28-2)21(23)25/h3-9,11,15,17,20H,10H2,1-2H3,(H2,23,25). The van der Waals surface area contributed by atoms with Gasteiger partial charge in [0.1, 0.15) is 11.9 Å². The Hall–Kier alpha value is -2.71. The van der Waals surface area contributed by atoms with Crippen LogP contribution in [0, 0.1) is 18.7 Å². The SMILES string of the molecule is COC(C(N)=O)C1CC1c1cn(S(=O)(=O)c2ccc(C)cc2)c2ccc(F)cc12. The Morgan fingerprint density at radius 2 is 1.93 bits per heavy atom. The van der Waals surface area contributed by atoms with Crippen molar-refractivity contribution in [3.05, 3.63) is 65.6 Å². The first kappa shape index (κ1) is 19.6. The number of hydrogen-bond donors (Lipinski definition) is 1. The van der Waals surface area contributed by atoms with E-state index in [1.54, 1.807) is 24.3 Å². The van der Waals surface area contributed by atoms with Gasteiger partial charge in [-0.25, -0.2) is 16.8 Å². The lowest BCUT2D eigenvalue weighted by Gasteiger charge is -2.10. The fourth-order valence-electron chi connectivity index (χ4n) is 3.92. The highest BCUT2D eigenvalue weighted by Gasteiger charge is 2.48. The van der Waals surface area contributed by atoms with Crippen LogP contribution in [-0.2, 0) is 19.6 Å². The van der Waals surface area contributed by atoms with Gasteiger partial charge in [0, 0.05) is 24.6 Å². The molecular weight excluding hydrogens is 395 g/mol. The number of aromatic nitrogens is 1. The molecule has 2 aromatic carbocycles. The van der Waals surface area contributed by atoms with Crippen LogP contribution in [0.25, 0.3) is 10.9 Å². The van der Waals surface area contributed by atoms with E-state index >= 15 is 0 Å². The molecule has 0 radical (unpaired) electrons. The largest absolute Gasteiger partial charge is 0.371 e. The second kappa shape index (κ2) is 6.96. The molecule has 0 aliphatic heterocycles. The quantitative estimate of drug-likeness (QED) is 0.669. The van der Waals surface area contributed by atoms with Crippen molar-refractivity contribution >= 4 is 26.8 Å². The van der Waals surface area contributed by atoms with Gasteiger partial charge in [0.05, 0.1) is 10.4 Å². The Morgan fingerprint density at radius 3 is 2.55 bits per heavy atom. The fourth-order valence-corrected chi connectivity index (χ4v) is 5.30. The average Bonchev–Trinajstić information content (AvgIpc) is 3.34. The molecule has 1 saturated carbocycles. The topological polar surface area (TPSA) is 91.4 Å². The highest BCUT2D eigenvalue weighted by atomic mass is 32.2. The van der Waals surface area contributed by atoms with E-state index in [0.29, 0.717) is 22.9 Å². The highest BCUT2D eigenvalue weighted by molar-refractivity contribution is 7.90. The van der Waals surface area contributed by atoms with Gasteiger partial charge < -0.3 is 10.5 Å². The second-order valence-corrected chi connectivity index (χ2v) is 9.24. The van der Waals surface area contributed by atoms with E-state index in [4.69, 9.17) is 10.5 Å². The van der Waals surface area contributed by atoms with E-state index in [-0.39, 0.29) is 16.7 Å². The van der Waals surface area contributed by atoms with Crippen molar-refractivity contribution in [2.75, 3.05) is 7.11 Å². The zero-order chi connectivity index (χ0) is 20.9. The van der Waals surface area contributed by atoms with Gasteiger partial charge in [-0.1, -0.05) is 17.7 Å². The molecule has 0 saturated heterocycles. The lowest BCUT2D eigenvalue weighted by molar-refractivity contribution is -0.128. The summed E-state index contributed by atoms with van der Waals surface area (Å²) in [6, 6.07) is 10.6. The second-order valence-electron chi connectivity index (χ2n) is 7.42. The molecule has 1 heterocycles. The van der Waals surface area contributed by atoms with Crippen molar-refractivity contribution in [3.8, 4) is 0 Å². The Kier molecular flexibility index (Phi) is 4.71. The minimum absolute atomic E-state index is 0.133. The van der Waals surface area contributed by atoms with Gasteiger partial charge in [0.2, 0.25) is 5.91 Å². The molecule has 8 heteroatoms. The van der Waals surface area contributed by atoms with Crippen molar-refractivity contribution < 1.29 is 22.3 Å². The highest BCUT2D eigenvalue weighted by Crippen LogP contribution is 2.52. The molecule has 152 valence electrons. The normalized spacial score (nSPS) is 20.0. The number of rotatable bonds is 6. The minimum Gasteiger partial charge on any atom is -0.371 e. The van der Waals surface area contributed by atoms with Gasteiger partial charge in [-0.2, -0.15) is 0 Å². The number of amides is 1. The van der Waals surface area contributed by atoms with Crippen LogP contribution in [0.5, 0.6) is 0 Å². The molecule has 0 spiro atoms. The first-order valence-electron chi connectivity index (χ1n) is 9.19. The van der Waals surface area contributed by atoms with Gasteiger partial charge in [0.15, 0.2) is 0 Å². The van der Waals surface area contributed by atoms with E-state index in [1.807, 2.05) is 6.92 Å². The van der Waals surface area contributed by atoms with Crippen LogP contribution < -0.4 is 5.73 Å². The molecule has 6 nitrogen and oxygen atoms in total. The Balaban J connectivity index is 1.83. The third-order valence-corrected chi connectivity index (χ3v) is 7.19. The zero-order valence-corrected chi connectivity index (χ0v) is 16.8. The van der Waals surface area contributed by atoms with Crippen LogP contribution in [-0.4, -0.2) is 31.5 Å². The number of aryl methyl sites for hydroxylation is 1. The minimum atomic E-state index is -3.87. The van der Waals surface area contributed by atoms with Gasteiger partial charge in [0.25, 0.3) is 10.0 Å². The third kappa shape index (κ3) is 3.32. The summed E-state index contributed by atoms with van der Waals surface area (Å²) in [4.78, 5) is 11.8. The molecule has 1 amide bonds. The third-order valence-electron chi connectivity index (χ3n) is 5.50. The van der Waals surface area contributed by atoms with Crippen molar-refractivity contribution in [3.63, 3.8) is 0 Å². The number of primary amides is 1. The molecule has 29 heavy (non-hydrogen) atoms. The van der Waals surface area contributed by atoms with Crippen LogP contribution in [0.3, 0.4) is 0 Å². The first-order valence-corrected chi connectivity index (χ1v) is 10.6. The van der Waals surface area contributed by atoms with Crippen molar-refractivity contribution in [2.24, 2.45) is 11.7 Å². The van der Waals surface area contributed by atoms with E-state index in [9.17, 15) is 17.6 Å². The summed E-state index contributed by atoms with van der Waals surface area (Å²) in [7, 11) is -2.46. The number of halogens is 1. The van der Waals surface area contributed by atoms with E-state index in [0.717, 1.165) is 5.56 Å². The molecule has 1 aromatic heterocycles. The van der Waals surface area contributed by atoms with Gasteiger partial charge >= 0.3 is 0 Å². The van der Waals surface area contributed by atoms with Gasteiger partial charge in [-0.15, -0.1) is 0 Å². The lowest BCUT2D eigenvalue weighted by atomic mass is 10.1. The first-order chi connectivity index (χ1) is 13.7. The molecule has 1 aliphatic rings. The fraction of sp³-hybridized carbons (Fsp3) is 0.286. The maximum Gasteiger partial charge on any atom is 0.268 e. The summed E-state index contributed by atoms with van der Waals surface area (Å²) in [5, 5.41) is 0.507. The predicted octanol–water partition coefficient (Wildman–Crippen LogP) is 2.93. The number of nitrogens with zero attached hydrogens (tertiary/aromatic N) is 1. The summed E-state index contributed by atoms with van der Waals surface area (Å²) in [6.07, 6.45) is 1.37. The number of ether oxygens (including phenoxy) is 1. The summed E-state index contributed by atoms with van der Waals surface area (Å²) in [5.74, 6) is -1.32. The summed E-state index contributed by atoms with van der Waals surface area (Å²) < 4.78 is 46.9. The number of hydrogen-bond acceptors (Lipinski definition) is 4. The van der Waals surface area contributed by atoms with Crippen LogP contribution in [0.1, 0.15) is 23.5 Å². The van der Waals surface area contributed by atoms with Crippen LogP contribution in [0.2, 0.25) is 0 Å². The molecule has 4 rings (SSSR count). The van der Waals surface area contributed by atoms with Crippen LogP contribution in [0.4, 0.5) is 4.39 Å². The number of nitrogens with two attached hydrogens (primary N) is 1. The molecule has 1 fully saturated rings. The number of methoxy groups -OCH3 is 1. The maximum absolute atomic E-state index is 14.0. The van der Waals surface area contributed by atoms with Crippen molar-refractivity contribution in [2.45, 2.75) is 30.3 Å². The molecular formula is C21H21FN2O4S. The molecule has 2 N–H and O–H groups in total. The smallest absolute Gasteiger partial charge is 0.268 e. The summed E-state index contributed by atoms with van der Waals surface area (Å²) in [5.41, 5.74) is 7.41. The van der Waals surface area contributed by atoms with Crippen molar-refractivity contribution in [1.82, 2.24) is 3.97 Å². The number of benzene rings is 2. The number of carbonyl (C=O) groups excluding carboxylic acids is 1. The summed E-state index contributed by atoms with van der Waals surface area (Å²) >= 11 is 0. The Bertz CT molecular complexity index is 1200.